The lowest BCUT2D eigenvalue weighted by molar-refractivity contribution is -0.128. The normalized spacial score (nSPS) is 17.7. The molecule has 0 radical (unpaired) electrons. The highest BCUT2D eigenvalue weighted by Crippen LogP contribution is 2.23. The van der Waals surface area contributed by atoms with Gasteiger partial charge in [-0.2, -0.15) is 0 Å². The maximum Gasteiger partial charge on any atom is 0.260 e. The van der Waals surface area contributed by atoms with Crippen LogP contribution in [0.25, 0.3) is 0 Å². The van der Waals surface area contributed by atoms with Crippen LogP contribution in [0.15, 0.2) is 18.2 Å². The number of halogens is 1. The Balaban J connectivity index is 1.81. The van der Waals surface area contributed by atoms with Gasteiger partial charge in [0.25, 0.3) is 5.91 Å². The van der Waals surface area contributed by atoms with E-state index in [-0.39, 0.29) is 11.9 Å². The highest BCUT2D eigenvalue weighted by Gasteiger charge is 2.23. The number of carbonyl (C=O) groups is 1. The summed E-state index contributed by atoms with van der Waals surface area (Å²) in [5, 5.41) is 3.79. The number of hydrogen-bond acceptors (Lipinski definition) is 3. The van der Waals surface area contributed by atoms with Gasteiger partial charge in [-0.1, -0.05) is 18.5 Å². The van der Waals surface area contributed by atoms with Crippen LogP contribution in [0.3, 0.4) is 0 Å². The standard InChI is InChI=1S/C18H27ClN2O2/c1-4-9-21-10-7-16(8-11-21)20-18(22)14(3)23-17-6-5-15(19)12-13(17)2/h5-6,12,14,16H,4,7-11H2,1-3H3,(H,20,22). The Labute approximate surface area is 144 Å². The van der Waals surface area contributed by atoms with E-state index in [0.717, 1.165) is 38.0 Å². The van der Waals surface area contributed by atoms with Crippen LogP contribution in [0.2, 0.25) is 5.02 Å². The highest BCUT2D eigenvalue weighted by molar-refractivity contribution is 6.30. The zero-order valence-corrected chi connectivity index (χ0v) is 15.0. The first-order valence-electron chi connectivity index (χ1n) is 8.45. The minimum absolute atomic E-state index is 0.0479. The van der Waals surface area contributed by atoms with E-state index in [4.69, 9.17) is 16.3 Å². The van der Waals surface area contributed by atoms with Gasteiger partial charge in [0.2, 0.25) is 0 Å². The number of likely N-dealkylation sites (tertiary alicyclic amines) is 1. The lowest BCUT2D eigenvalue weighted by Crippen LogP contribution is -2.48. The van der Waals surface area contributed by atoms with Crippen molar-refractivity contribution in [1.82, 2.24) is 10.2 Å². The summed E-state index contributed by atoms with van der Waals surface area (Å²) in [4.78, 5) is 14.8. The molecule has 4 nitrogen and oxygen atoms in total. The molecule has 1 aliphatic heterocycles. The molecular formula is C18H27ClN2O2. The largest absolute Gasteiger partial charge is 0.481 e. The van der Waals surface area contributed by atoms with Gasteiger partial charge < -0.3 is 15.0 Å². The topological polar surface area (TPSA) is 41.6 Å². The Morgan fingerprint density at radius 2 is 2.13 bits per heavy atom. The molecule has 0 aliphatic carbocycles. The predicted octanol–water partition coefficient (Wildman–Crippen LogP) is 3.41. The molecular weight excluding hydrogens is 312 g/mol. The number of piperidine rings is 1. The van der Waals surface area contributed by atoms with Gasteiger partial charge in [-0.25, -0.2) is 0 Å². The summed E-state index contributed by atoms with van der Waals surface area (Å²) >= 11 is 5.94. The van der Waals surface area contributed by atoms with Crippen LogP contribution in [0.5, 0.6) is 5.75 Å². The number of rotatable bonds is 6. The first kappa shape index (κ1) is 18.1. The van der Waals surface area contributed by atoms with Gasteiger partial charge in [-0.15, -0.1) is 0 Å². The fourth-order valence-corrected chi connectivity index (χ4v) is 3.15. The summed E-state index contributed by atoms with van der Waals surface area (Å²) in [6, 6.07) is 5.68. The minimum Gasteiger partial charge on any atom is -0.481 e. The van der Waals surface area contributed by atoms with E-state index in [1.165, 1.54) is 6.42 Å². The molecule has 1 heterocycles. The Bertz CT molecular complexity index is 528. The van der Waals surface area contributed by atoms with E-state index in [2.05, 4.69) is 17.1 Å². The van der Waals surface area contributed by atoms with Crippen molar-refractivity contribution in [3.63, 3.8) is 0 Å². The van der Waals surface area contributed by atoms with Crippen LogP contribution >= 0.6 is 11.6 Å². The van der Waals surface area contributed by atoms with E-state index in [9.17, 15) is 4.79 Å². The Morgan fingerprint density at radius 3 is 2.74 bits per heavy atom. The van der Waals surface area contributed by atoms with Crippen LogP contribution < -0.4 is 10.1 Å². The number of hydrogen-bond donors (Lipinski definition) is 1. The number of ether oxygens (including phenoxy) is 1. The predicted molar refractivity (Wildman–Crippen MR) is 94.2 cm³/mol. The fourth-order valence-electron chi connectivity index (χ4n) is 2.92. The van der Waals surface area contributed by atoms with Crippen molar-refractivity contribution < 1.29 is 9.53 Å². The second kappa shape index (κ2) is 8.55. The zero-order chi connectivity index (χ0) is 16.8. The maximum absolute atomic E-state index is 12.3. The summed E-state index contributed by atoms with van der Waals surface area (Å²) in [6.07, 6.45) is 2.70. The van der Waals surface area contributed by atoms with Gasteiger partial charge in [0, 0.05) is 24.2 Å². The van der Waals surface area contributed by atoms with E-state index in [1.54, 1.807) is 13.0 Å². The summed E-state index contributed by atoms with van der Waals surface area (Å²) in [5.41, 5.74) is 0.935. The second-order valence-electron chi connectivity index (χ2n) is 6.29. The van der Waals surface area contributed by atoms with Gasteiger partial charge >= 0.3 is 0 Å². The SMILES string of the molecule is CCCN1CCC(NC(=O)C(C)Oc2ccc(Cl)cc2C)CC1. The molecule has 23 heavy (non-hydrogen) atoms. The number of nitrogens with one attached hydrogen (secondary N) is 1. The molecule has 1 aromatic carbocycles. The van der Waals surface area contributed by atoms with Crippen LogP contribution in [0.4, 0.5) is 0 Å². The minimum atomic E-state index is -0.511. The third-order valence-corrected chi connectivity index (χ3v) is 4.52. The molecule has 1 unspecified atom stereocenters. The summed E-state index contributed by atoms with van der Waals surface area (Å²) in [5.74, 6) is 0.656. The van der Waals surface area contributed by atoms with E-state index >= 15 is 0 Å². The average Bonchev–Trinajstić information content (AvgIpc) is 2.52. The number of aryl methyl sites for hydroxylation is 1. The van der Waals surface area contributed by atoms with Crippen LogP contribution in [0.1, 0.15) is 38.7 Å². The Hall–Kier alpha value is -1.26. The highest BCUT2D eigenvalue weighted by atomic mass is 35.5. The van der Waals surface area contributed by atoms with Crippen molar-refractivity contribution in [3.8, 4) is 5.75 Å². The molecule has 0 saturated carbocycles. The molecule has 1 aromatic rings. The monoisotopic (exact) mass is 338 g/mol. The lowest BCUT2D eigenvalue weighted by atomic mass is 10.0. The van der Waals surface area contributed by atoms with Gasteiger partial charge in [0.05, 0.1) is 0 Å². The first-order valence-corrected chi connectivity index (χ1v) is 8.83. The average molecular weight is 339 g/mol. The molecule has 0 aromatic heterocycles. The van der Waals surface area contributed by atoms with Crippen molar-refractivity contribution >= 4 is 17.5 Å². The molecule has 0 spiro atoms. The molecule has 1 N–H and O–H groups in total. The molecule has 1 amide bonds. The third kappa shape index (κ3) is 5.40. The van der Waals surface area contributed by atoms with Gasteiger partial charge in [0.1, 0.15) is 5.75 Å². The molecule has 1 aliphatic rings. The molecule has 0 bridgehead atoms. The van der Waals surface area contributed by atoms with Crippen LogP contribution in [-0.2, 0) is 4.79 Å². The Kier molecular flexibility index (Phi) is 6.72. The summed E-state index contributed by atoms with van der Waals surface area (Å²) in [7, 11) is 0. The van der Waals surface area contributed by atoms with Crippen molar-refractivity contribution in [2.24, 2.45) is 0 Å². The number of amides is 1. The van der Waals surface area contributed by atoms with E-state index in [1.807, 2.05) is 19.1 Å². The van der Waals surface area contributed by atoms with Crippen molar-refractivity contribution in [1.29, 1.82) is 0 Å². The lowest BCUT2D eigenvalue weighted by Gasteiger charge is -2.32. The Morgan fingerprint density at radius 1 is 1.43 bits per heavy atom. The first-order chi connectivity index (χ1) is 11.0. The zero-order valence-electron chi connectivity index (χ0n) is 14.3. The van der Waals surface area contributed by atoms with Gasteiger partial charge in [-0.05, 0) is 63.4 Å². The molecule has 5 heteroatoms. The van der Waals surface area contributed by atoms with Crippen LogP contribution in [-0.4, -0.2) is 42.6 Å². The number of nitrogens with zero attached hydrogens (tertiary/aromatic N) is 1. The maximum atomic E-state index is 12.3. The molecule has 1 atom stereocenters. The van der Waals surface area contributed by atoms with E-state index < -0.39 is 6.10 Å². The second-order valence-corrected chi connectivity index (χ2v) is 6.73. The third-order valence-electron chi connectivity index (χ3n) is 4.28. The van der Waals surface area contributed by atoms with Crippen LogP contribution in [0, 0.1) is 6.92 Å². The van der Waals surface area contributed by atoms with Crippen molar-refractivity contribution in [2.45, 2.75) is 52.2 Å². The van der Waals surface area contributed by atoms with Gasteiger partial charge in [-0.3, -0.25) is 4.79 Å². The van der Waals surface area contributed by atoms with Crippen molar-refractivity contribution in [3.05, 3.63) is 28.8 Å². The molecule has 128 valence electrons. The van der Waals surface area contributed by atoms with E-state index in [0.29, 0.717) is 10.8 Å². The summed E-state index contributed by atoms with van der Waals surface area (Å²) in [6.45, 7) is 9.18. The van der Waals surface area contributed by atoms with Gasteiger partial charge in [0.15, 0.2) is 6.10 Å². The summed E-state index contributed by atoms with van der Waals surface area (Å²) < 4.78 is 5.78. The van der Waals surface area contributed by atoms with Crippen molar-refractivity contribution in [2.75, 3.05) is 19.6 Å². The quantitative estimate of drug-likeness (QED) is 0.864. The molecule has 1 saturated heterocycles. The smallest absolute Gasteiger partial charge is 0.260 e. The molecule has 2 rings (SSSR count). The number of carbonyl (C=O) groups excluding carboxylic acids is 1. The fraction of sp³-hybridized carbons (Fsp3) is 0.611. The molecule has 1 fully saturated rings. The number of benzene rings is 1.